The molecule has 2 aromatic heterocycles. The van der Waals surface area contributed by atoms with Crippen molar-refractivity contribution in [1.29, 1.82) is 0 Å². The normalized spacial score (nSPS) is 16.9. The molecule has 3 aromatic rings. The first-order chi connectivity index (χ1) is 13.7. The summed E-state index contributed by atoms with van der Waals surface area (Å²) < 4.78 is 15.6. The maximum Gasteiger partial charge on any atom is 0.255 e. The molecule has 0 bridgehead atoms. The fraction of sp³-hybridized carbons (Fsp3) is 0.318. The molecule has 1 aliphatic rings. The monoisotopic (exact) mass is 378 g/mol. The Kier molecular flexibility index (Phi) is 5.19. The number of halogens is 1. The number of carbonyl (C=O) groups is 1. The molecule has 0 saturated carbocycles. The van der Waals surface area contributed by atoms with Gasteiger partial charge in [-0.25, -0.2) is 9.37 Å². The number of aromatic nitrogens is 3. The van der Waals surface area contributed by atoms with Crippen LogP contribution in [0.5, 0.6) is 0 Å². The zero-order valence-corrected chi connectivity index (χ0v) is 15.9. The summed E-state index contributed by atoms with van der Waals surface area (Å²) in [6.45, 7) is 4.39. The number of pyridine rings is 1. The van der Waals surface area contributed by atoms with Gasteiger partial charge in [-0.2, -0.15) is 0 Å². The van der Waals surface area contributed by atoms with E-state index in [0.717, 1.165) is 31.8 Å². The summed E-state index contributed by atoms with van der Waals surface area (Å²) >= 11 is 0. The van der Waals surface area contributed by atoms with Crippen LogP contribution in [0.25, 0.3) is 11.3 Å². The second kappa shape index (κ2) is 7.92. The number of nitrogens with zero attached hydrogens (tertiary/aromatic N) is 4. The Morgan fingerprint density at radius 1 is 1.25 bits per heavy atom. The summed E-state index contributed by atoms with van der Waals surface area (Å²) in [7, 11) is 0. The zero-order chi connectivity index (χ0) is 19.5. The smallest absolute Gasteiger partial charge is 0.255 e. The predicted molar refractivity (Wildman–Crippen MR) is 105 cm³/mol. The van der Waals surface area contributed by atoms with Crippen molar-refractivity contribution in [2.75, 3.05) is 13.1 Å². The van der Waals surface area contributed by atoms with Gasteiger partial charge in [-0.1, -0.05) is 12.1 Å². The van der Waals surface area contributed by atoms with E-state index < -0.39 is 0 Å². The molecular weight excluding hydrogens is 355 g/mol. The lowest BCUT2D eigenvalue weighted by Crippen LogP contribution is -2.39. The average molecular weight is 378 g/mol. The van der Waals surface area contributed by atoms with Crippen molar-refractivity contribution in [3.8, 4) is 11.3 Å². The first kappa shape index (κ1) is 18.3. The highest BCUT2D eigenvalue weighted by atomic mass is 19.1. The van der Waals surface area contributed by atoms with Crippen molar-refractivity contribution >= 4 is 5.91 Å². The first-order valence-corrected chi connectivity index (χ1v) is 9.68. The lowest BCUT2D eigenvalue weighted by atomic mass is 9.96. The van der Waals surface area contributed by atoms with Crippen molar-refractivity contribution in [3.05, 3.63) is 72.2 Å². The van der Waals surface area contributed by atoms with Crippen LogP contribution in [0, 0.1) is 5.82 Å². The molecule has 0 aliphatic carbocycles. The Bertz CT molecular complexity index is 967. The molecule has 28 heavy (non-hydrogen) atoms. The minimum atomic E-state index is -0.302. The quantitative estimate of drug-likeness (QED) is 0.686. The molecule has 1 saturated heterocycles. The number of hydrogen-bond acceptors (Lipinski definition) is 3. The Labute approximate surface area is 163 Å². The van der Waals surface area contributed by atoms with Gasteiger partial charge in [-0.3, -0.25) is 9.78 Å². The summed E-state index contributed by atoms with van der Waals surface area (Å²) in [6.07, 6.45) is 7.40. The van der Waals surface area contributed by atoms with Crippen molar-refractivity contribution < 1.29 is 9.18 Å². The number of benzene rings is 1. The van der Waals surface area contributed by atoms with Gasteiger partial charge in [0.15, 0.2) is 0 Å². The Morgan fingerprint density at radius 3 is 2.89 bits per heavy atom. The lowest BCUT2D eigenvalue weighted by Gasteiger charge is -2.32. The molecule has 5 nitrogen and oxygen atoms in total. The minimum absolute atomic E-state index is 0.0161. The van der Waals surface area contributed by atoms with Crippen molar-refractivity contribution in [3.63, 3.8) is 0 Å². The molecule has 1 aromatic carbocycles. The van der Waals surface area contributed by atoms with Gasteiger partial charge in [0.05, 0.1) is 11.3 Å². The van der Waals surface area contributed by atoms with Crippen LogP contribution in [-0.4, -0.2) is 38.4 Å². The van der Waals surface area contributed by atoms with Crippen LogP contribution in [0.2, 0.25) is 0 Å². The zero-order valence-electron chi connectivity index (χ0n) is 15.9. The van der Waals surface area contributed by atoms with Gasteiger partial charge in [-0.05, 0) is 44.0 Å². The number of carbonyl (C=O) groups excluding carboxylic acids is 1. The van der Waals surface area contributed by atoms with Gasteiger partial charge in [0.25, 0.3) is 5.91 Å². The fourth-order valence-corrected chi connectivity index (χ4v) is 3.84. The van der Waals surface area contributed by atoms with E-state index in [4.69, 9.17) is 0 Å². The minimum Gasteiger partial charge on any atom is -0.338 e. The molecule has 1 aliphatic heterocycles. The summed E-state index contributed by atoms with van der Waals surface area (Å²) in [5, 5.41) is 0. The first-order valence-electron chi connectivity index (χ1n) is 9.68. The predicted octanol–water partition coefficient (Wildman–Crippen LogP) is 4.12. The third kappa shape index (κ3) is 3.67. The van der Waals surface area contributed by atoms with E-state index in [-0.39, 0.29) is 17.6 Å². The van der Waals surface area contributed by atoms with Gasteiger partial charge in [0.2, 0.25) is 0 Å². The number of imidazole rings is 1. The number of likely N-dealkylation sites (tertiary alicyclic amines) is 1. The Balaban J connectivity index is 1.49. The molecule has 0 unspecified atom stereocenters. The van der Waals surface area contributed by atoms with Gasteiger partial charge >= 0.3 is 0 Å². The van der Waals surface area contributed by atoms with Crippen LogP contribution < -0.4 is 0 Å². The van der Waals surface area contributed by atoms with E-state index in [9.17, 15) is 9.18 Å². The molecule has 0 spiro atoms. The molecule has 0 radical (unpaired) electrons. The van der Waals surface area contributed by atoms with Crippen LogP contribution in [0.15, 0.2) is 55.0 Å². The van der Waals surface area contributed by atoms with Crippen molar-refractivity contribution in [2.45, 2.75) is 32.2 Å². The summed E-state index contributed by atoms with van der Waals surface area (Å²) in [6, 6.07) is 9.84. The van der Waals surface area contributed by atoms with E-state index >= 15 is 0 Å². The van der Waals surface area contributed by atoms with Crippen molar-refractivity contribution in [1.82, 2.24) is 19.4 Å². The van der Waals surface area contributed by atoms with Crippen LogP contribution >= 0.6 is 0 Å². The third-order valence-corrected chi connectivity index (χ3v) is 5.29. The highest BCUT2D eigenvalue weighted by molar-refractivity contribution is 5.94. The topological polar surface area (TPSA) is 51.0 Å². The van der Waals surface area contributed by atoms with Gasteiger partial charge < -0.3 is 9.47 Å². The number of amides is 1. The van der Waals surface area contributed by atoms with E-state index in [1.54, 1.807) is 30.5 Å². The summed E-state index contributed by atoms with van der Waals surface area (Å²) in [5.41, 5.74) is 1.90. The summed E-state index contributed by atoms with van der Waals surface area (Å²) in [4.78, 5) is 23.7. The Hall–Kier alpha value is -3.02. The van der Waals surface area contributed by atoms with Gasteiger partial charge in [0.1, 0.15) is 11.6 Å². The van der Waals surface area contributed by atoms with E-state index in [1.165, 1.54) is 12.1 Å². The fourth-order valence-electron chi connectivity index (χ4n) is 3.84. The second-order valence-corrected chi connectivity index (χ2v) is 7.10. The summed E-state index contributed by atoms with van der Waals surface area (Å²) in [5.74, 6) is 0.994. The van der Waals surface area contributed by atoms with E-state index in [0.29, 0.717) is 23.4 Å². The molecule has 144 valence electrons. The standard InChI is InChI=1S/C22H23FN4O/c1-2-26-12-10-24-21(26)18-6-4-11-27(15-18)22(28)17-8-9-20(25-14-17)16-5-3-7-19(23)13-16/h3,5,7-10,12-14,18H,2,4,6,11,15H2,1H3/t18-/m0/s1. The average Bonchev–Trinajstić information content (AvgIpc) is 3.22. The molecular formula is C22H23FN4O. The van der Waals surface area contributed by atoms with Crippen molar-refractivity contribution in [2.24, 2.45) is 0 Å². The highest BCUT2D eigenvalue weighted by Gasteiger charge is 2.28. The second-order valence-electron chi connectivity index (χ2n) is 7.10. The molecule has 1 atom stereocenters. The maximum atomic E-state index is 13.4. The maximum absolute atomic E-state index is 13.4. The number of rotatable bonds is 4. The SMILES string of the molecule is CCn1ccnc1[C@H]1CCCN(C(=O)c2ccc(-c3cccc(F)c3)nc2)C1. The molecule has 6 heteroatoms. The molecule has 4 rings (SSSR count). The number of hydrogen-bond donors (Lipinski definition) is 0. The van der Waals surface area contributed by atoms with Crippen LogP contribution in [0.1, 0.15) is 41.9 Å². The molecule has 0 N–H and O–H groups in total. The molecule has 1 amide bonds. The third-order valence-electron chi connectivity index (χ3n) is 5.29. The highest BCUT2D eigenvalue weighted by Crippen LogP contribution is 2.27. The van der Waals surface area contributed by atoms with Crippen LogP contribution in [-0.2, 0) is 6.54 Å². The molecule has 3 heterocycles. The van der Waals surface area contributed by atoms with E-state index in [2.05, 4.69) is 21.5 Å². The molecule has 1 fully saturated rings. The number of aryl methyl sites for hydroxylation is 1. The van der Waals surface area contributed by atoms with Gasteiger partial charge in [-0.15, -0.1) is 0 Å². The lowest BCUT2D eigenvalue weighted by molar-refractivity contribution is 0.0703. The van der Waals surface area contributed by atoms with Crippen LogP contribution in [0.4, 0.5) is 4.39 Å². The van der Waals surface area contributed by atoms with E-state index in [1.807, 2.05) is 17.3 Å². The number of piperidine rings is 1. The Morgan fingerprint density at radius 2 is 2.14 bits per heavy atom. The van der Waals surface area contributed by atoms with Gasteiger partial charge in [0, 0.05) is 49.7 Å². The largest absolute Gasteiger partial charge is 0.338 e. The van der Waals surface area contributed by atoms with Crippen LogP contribution in [0.3, 0.4) is 0 Å².